The highest BCUT2D eigenvalue weighted by molar-refractivity contribution is 7.89. The molecule has 174 valence electrons. The van der Waals surface area contributed by atoms with Crippen molar-refractivity contribution >= 4 is 33.2 Å². The summed E-state index contributed by atoms with van der Waals surface area (Å²) in [6, 6.07) is 9.54. The Morgan fingerprint density at radius 3 is 2.50 bits per heavy atom. The number of hydrogen-bond acceptors (Lipinski definition) is 6. The van der Waals surface area contributed by atoms with Crippen LogP contribution in [0.25, 0.3) is 0 Å². The molecule has 0 spiro atoms. The molecule has 1 aliphatic heterocycles. The van der Waals surface area contributed by atoms with E-state index < -0.39 is 15.9 Å². The molecule has 1 N–H and O–H groups in total. The molecule has 2 aromatic rings. The van der Waals surface area contributed by atoms with E-state index in [1.807, 2.05) is 20.8 Å². The smallest absolute Gasteiger partial charge is 0.262 e. The van der Waals surface area contributed by atoms with Crippen LogP contribution in [-0.4, -0.2) is 57.6 Å². The number of nitrogens with zero attached hydrogens (tertiary/aromatic N) is 1. The second kappa shape index (κ2) is 10.5. The fourth-order valence-electron chi connectivity index (χ4n) is 3.16. The normalized spacial score (nSPS) is 14.9. The largest absolute Gasteiger partial charge is 0.489 e. The highest BCUT2D eigenvalue weighted by Crippen LogP contribution is 2.30. The number of ether oxygens (including phenoxy) is 3. The number of nitrogens with one attached hydrogen (secondary N) is 1. The van der Waals surface area contributed by atoms with Gasteiger partial charge in [0.15, 0.2) is 6.61 Å². The molecule has 32 heavy (non-hydrogen) atoms. The quantitative estimate of drug-likeness (QED) is 0.619. The third kappa shape index (κ3) is 6.13. The number of carbonyl (C=O) groups excluding carboxylic acids is 1. The Kier molecular flexibility index (Phi) is 8.00. The van der Waals surface area contributed by atoms with Crippen LogP contribution < -0.4 is 14.8 Å². The first-order chi connectivity index (χ1) is 15.2. The number of benzene rings is 2. The maximum absolute atomic E-state index is 13.0. The molecule has 0 radical (unpaired) electrons. The van der Waals surface area contributed by atoms with Gasteiger partial charge in [-0.2, -0.15) is 4.31 Å². The molecule has 0 atom stereocenters. The molecule has 0 unspecified atom stereocenters. The zero-order chi connectivity index (χ0) is 23.3. The Morgan fingerprint density at radius 2 is 1.84 bits per heavy atom. The molecule has 1 aliphatic rings. The fraction of sp³-hybridized carbons (Fsp3) is 0.409. The summed E-state index contributed by atoms with van der Waals surface area (Å²) in [5.74, 6) is 0.456. The van der Waals surface area contributed by atoms with Crippen molar-refractivity contribution in [3.63, 3.8) is 0 Å². The second-order valence-electron chi connectivity index (χ2n) is 7.59. The van der Waals surface area contributed by atoms with Crippen LogP contribution >= 0.6 is 11.6 Å². The van der Waals surface area contributed by atoms with Gasteiger partial charge in [0.05, 0.1) is 29.9 Å². The van der Waals surface area contributed by atoms with E-state index in [-0.39, 0.29) is 36.4 Å². The molecule has 10 heteroatoms. The van der Waals surface area contributed by atoms with Gasteiger partial charge in [-0.25, -0.2) is 8.42 Å². The molecule has 0 bridgehead atoms. The standard InChI is InChI=1S/C22H27ClN2O6S/c1-15(2)31-21-7-5-18(32(27,28)25-8-10-29-11-9-25)13-19(21)24-22(26)14-30-20-6-4-17(23)12-16(20)3/h4-7,12-13,15H,8-11,14H2,1-3H3,(H,24,26). The van der Waals surface area contributed by atoms with Gasteiger partial charge in [0.1, 0.15) is 11.5 Å². The lowest BCUT2D eigenvalue weighted by Crippen LogP contribution is -2.40. The molecule has 1 fully saturated rings. The third-order valence-corrected chi connectivity index (χ3v) is 6.82. The summed E-state index contributed by atoms with van der Waals surface area (Å²) in [6.45, 7) is 6.51. The van der Waals surface area contributed by atoms with Crippen molar-refractivity contribution in [3.05, 3.63) is 47.0 Å². The van der Waals surface area contributed by atoms with Gasteiger partial charge >= 0.3 is 0 Å². The first-order valence-corrected chi connectivity index (χ1v) is 12.1. The molecule has 0 aliphatic carbocycles. The lowest BCUT2D eigenvalue weighted by molar-refractivity contribution is -0.118. The molecule has 0 saturated carbocycles. The van der Waals surface area contributed by atoms with E-state index in [0.717, 1.165) is 5.56 Å². The molecular weight excluding hydrogens is 456 g/mol. The summed E-state index contributed by atoms with van der Waals surface area (Å²) < 4.78 is 44.0. The van der Waals surface area contributed by atoms with Gasteiger partial charge in [0, 0.05) is 18.1 Å². The number of halogens is 1. The molecule has 8 nitrogen and oxygen atoms in total. The van der Waals surface area contributed by atoms with E-state index in [2.05, 4.69) is 5.32 Å². The van der Waals surface area contributed by atoms with Gasteiger partial charge in [-0.15, -0.1) is 0 Å². The molecule has 2 aromatic carbocycles. The Morgan fingerprint density at radius 1 is 1.16 bits per heavy atom. The van der Waals surface area contributed by atoms with Crippen LogP contribution in [0.15, 0.2) is 41.3 Å². The van der Waals surface area contributed by atoms with Crippen LogP contribution in [0, 0.1) is 6.92 Å². The first-order valence-electron chi connectivity index (χ1n) is 10.2. The summed E-state index contributed by atoms with van der Waals surface area (Å²) in [4.78, 5) is 12.6. The van der Waals surface area contributed by atoms with Crippen molar-refractivity contribution in [1.82, 2.24) is 4.31 Å². The second-order valence-corrected chi connectivity index (χ2v) is 9.96. The summed E-state index contributed by atoms with van der Waals surface area (Å²) in [5.41, 5.74) is 1.06. The maximum atomic E-state index is 13.0. The van der Waals surface area contributed by atoms with E-state index in [0.29, 0.717) is 29.7 Å². The van der Waals surface area contributed by atoms with Crippen LogP contribution in [0.1, 0.15) is 19.4 Å². The van der Waals surface area contributed by atoms with Gasteiger partial charge in [-0.3, -0.25) is 4.79 Å². The Bertz CT molecular complexity index is 1070. The molecule has 1 amide bonds. The minimum Gasteiger partial charge on any atom is -0.489 e. The minimum absolute atomic E-state index is 0.0697. The van der Waals surface area contributed by atoms with E-state index in [1.54, 1.807) is 24.3 Å². The Hall–Kier alpha value is -2.33. The van der Waals surface area contributed by atoms with Crippen molar-refractivity contribution in [2.75, 3.05) is 38.2 Å². The average molecular weight is 483 g/mol. The molecule has 1 heterocycles. The average Bonchev–Trinajstić information content (AvgIpc) is 2.74. The van der Waals surface area contributed by atoms with Crippen LogP contribution in [0.2, 0.25) is 5.02 Å². The van der Waals surface area contributed by atoms with Gasteiger partial charge in [0.2, 0.25) is 10.0 Å². The summed E-state index contributed by atoms with van der Waals surface area (Å²) in [6.07, 6.45) is -0.166. The fourth-order valence-corrected chi connectivity index (χ4v) is 4.83. The van der Waals surface area contributed by atoms with E-state index in [9.17, 15) is 13.2 Å². The zero-order valence-electron chi connectivity index (χ0n) is 18.3. The first kappa shape index (κ1) is 24.3. The van der Waals surface area contributed by atoms with Gasteiger partial charge in [0.25, 0.3) is 5.91 Å². The lowest BCUT2D eigenvalue weighted by Gasteiger charge is -2.26. The number of aryl methyl sites for hydroxylation is 1. The number of morpholine rings is 1. The molecule has 3 rings (SSSR count). The summed E-state index contributed by atoms with van der Waals surface area (Å²) >= 11 is 5.95. The predicted octanol–water partition coefficient (Wildman–Crippen LogP) is 3.47. The highest BCUT2D eigenvalue weighted by atomic mass is 35.5. The number of rotatable bonds is 8. The van der Waals surface area contributed by atoms with Gasteiger partial charge in [-0.05, 0) is 62.7 Å². The zero-order valence-corrected chi connectivity index (χ0v) is 19.8. The van der Waals surface area contributed by atoms with E-state index >= 15 is 0 Å². The monoisotopic (exact) mass is 482 g/mol. The minimum atomic E-state index is -3.73. The highest BCUT2D eigenvalue weighted by Gasteiger charge is 2.27. The maximum Gasteiger partial charge on any atom is 0.262 e. The predicted molar refractivity (Wildman–Crippen MR) is 122 cm³/mol. The van der Waals surface area contributed by atoms with Crippen molar-refractivity contribution in [1.29, 1.82) is 0 Å². The molecule has 0 aromatic heterocycles. The third-order valence-electron chi connectivity index (χ3n) is 4.69. The van der Waals surface area contributed by atoms with Crippen molar-refractivity contribution in [2.24, 2.45) is 0 Å². The number of anilines is 1. The number of amides is 1. The lowest BCUT2D eigenvalue weighted by atomic mass is 10.2. The summed E-state index contributed by atoms with van der Waals surface area (Å²) in [7, 11) is -3.73. The van der Waals surface area contributed by atoms with Crippen LogP contribution in [0.3, 0.4) is 0 Å². The topological polar surface area (TPSA) is 94.2 Å². The van der Waals surface area contributed by atoms with Gasteiger partial charge in [-0.1, -0.05) is 11.6 Å². The van der Waals surface area contributed by atoms with Crippen molar-refractivity contribution < 1.29 is 27.4 Å². The van der Waals surface area contributed by atoms with Crippen molar-refractivity contribution in [3.8, 4) is 11.5 Å². The Balaban J connectivity index is 1.79. The van der Waals surface area contributed by atoms with E-state index in [1.165, 1.54) is 16.4 Å². The molecule has 1 saturated heterocycles. The number of hydrogen-bond donors (Lipinski definition) is 1. The van der Waals surface area contributed by atoms with Crippen LogP contribution in [0.4, 0.5) is 5.69 Å². The van der Waals surface area contributed by atoms with Crippen LogP contribution in [-0.2, 0) is 19.6 Å². The number of sulfonamides is 1. The molecular formula is C22H27ClN2O6S. The van der Waals surface area contributed by atoms with Crippen molar-refractivity contribution in [2.45, 2.75) is 31.8 Å². The van der Waals surface area contributed by atoms with Crippen LogP contribution in [0.5, 0.6) is 11.5 Å². The van der Waals surface area contributed by atoms with Gasteiger partial charge < -0.3 is 19.5 Å². The van der Waals surface area contributed by atoms with E-state index in [4.69, 9.17) is 25.8 Å². The number of carbonyl (C=O) groups is 1. The summed E-state index contributed by atoms with van der Waals surface area (Å²) in [5, 5.41) is 3.29. The Labute approximate surface area is 193 Å². The SMILES string of the molecule is Cc1cc(Cl)ccc1OCC(=O)Nc1cc(S(=O)(=O)N2CCOCC2)ccc1OC(C)C.